The number of hydrogen-bond donors (Lipinski definition) is 2. The fourth-order valence-electron chi connectivity index (χ4n) is 5.04. The topological polar surface area (TPSA) is 72.6 Å². The quantitative estimate of drug-likeness (QED) is 0.723. The Labute approximate surface area is 186 Å². The van der Waals surface area contributed by atoms with Gasteiger partial charge in [0.25, 0.3) is 0 Å². The minimum Gasteiger partial charge on any atom is -0.474 e. The lowest BCUT2D eigenvalue weighted by molar-refractivity contribution is 0.162. The molecule has 5 rings (SSSR count). The molecule has 8 heteroatoms. The maximum Gasteiger partial charge on any atom is 0.328 e. The SMILES string of the molecule is Cn1c(=O)n(C)c2cc(CN[C@H]3CC[C@H](NCC4=CC=CC5OC=NC45)[C@@H](F)C3)ccc21. The first-order chi connectivity index (χ1) is 15.5. The summed E-state index contributed by atoms with van der Waals surface area (Å²) in [4.78, 5) is 16.5. The third-order valence-electron chi connectivity index (χ3n) is 7.01. The number of aryl methyl sites for hydroxylation is 2. The number of imidazole rings is 1. The molecule has 7 nitrogen and oxygen atoms in total. The molecule has 0 amide bonds. The zero-order valence-electron chi connectivity index (χ0n) is 18.5. The number of nitrogens with zero attached hydrogens (tertiary/aromatic N) is 3. The van der Waals surface area contributed by atoms with Gasteiger partial charge < -0.3 is 15.4 Å². The molecule has 1 aromatic heterocycles. The van der Waals surface area contributed by atoms with Crippen LogP contribution in [0.15, 0.2) is 51.8 Å². The van der Waals surface area contributed by atoms with Crippen molar-refractivity contribution >= 4 is 17.4 Å². The van der Waals surface area contributed by atoms with E-state index in [1.807, 2.05) is 30.4 Å². The number of nitrogens with one attached hydrogen (secondary N) is 2. The van der Waals surface area contributed by atoms with E-state index in [2.05, 4.69) is 21.7 Å². The molecule has 0 spiro atoms. The summed E-state index contributed by atoms with van der Waals surface area (Å²) in [6.45, 7) is 1.29. The fraction of sp³-hybridized carbons (Fsp3) is 0.500. The number of aliphatic imine (C=N–C) groups is 1. The van der Waals surface area contributed by atoms with Gasteiger partial charge in [-0.2, -0.15) is 0 Å². The van der Waals surface area contributed by atoms with E-state index in [1.165, 1.54) is 6.40 Å². The average Bonchev–Trinajstić information content (AvgIpc) is 3.37. The molecule has 1 fully saturated rings. The van der Waals surface area contributed by atoms with Gasteiger partial charge in [-0.15, -0.1) is 0 Å². The van der Waals surface area contributed by atoms with Gasteiger partial charge in [-0.25, -0.2) is 14.2 Å². The number of aromatic nitrogens is 2. The number of allylic oxidation sites excluding steroid dienone is 2. The Kier molecular flexibility index (Phi) is 5.73. The molecule has 32 heavy (non-hydrogen) atoms. The van der Waals surface area contributed by atoms with Crippen molar-refractivity contribution in [3.63, 3.8) is 0 Å². The lowest BCUT2D eigenvalue weighted by Gasteiger charge is -2.33. The third-order valence-corrected chi connectivity index (χ3v) is 7.01. The highest BCUT2D eigenvalue weighted by Gasteiger charge is 2.33. The Balaban J connectivity index is 1.13. The van der Waals surface area contributed by atoms with Crippen LogP contribution in [-0.4, -0.2) is 52.5 Å². The number of ether oxygens (including phenoxy) is 1. The maximum absolute atomic E-state index is 14.9. The number of hydrogen-bond acceptors (Lipinski definition) is 5. The second-order valence-corrected chi connectivity index (χ2v) is 9.04. The van der Waals surface area contributed by atoms with E-state index < -0.39 is 6.17 Å². The maximum atomic E-state index is 14.9. The summed E-state index contributed by atoms with van der Waals surface area (Å²) < 4.78 is 23.7. The molecular formula is C24H30FN5O2. The van der Waals surface area contributed by atoms with Crippen molar-refractivity contribution in [2.24, 2.45) is 19.1 Å². The molecule has 0 radical (unpaired) electrons. The Hall–Kier alpha value is -2.71. The standard InChI is InChI=1S/C24H30FN5O2/c1-29-20-9-6-15(10-21(20)30(2)24(29)31)12-26-17-7-8-19(18(25)11-17)27-13-16-4-3-5-22-23(16)28-14-32-22/h3-6,9-10,14,17-19,22-23,26-27H,7-8,11-13H2,1-2H3/t17-,18-,19-,22?,23?/m0/s1. The molecule has 170 valence electrons. The Morgan fingerprint density at radius 1 is 1.16 bits per heavy atom. The minimum atomic E-state index is -0.891. The second kappa shape index (κ2) is 8.67. The van der Waals surface area contributed by atoms with Gasteiger partial charge in [0.15, 0.2) is 6.40 Å². The molecule has 0 saturated heterocycles. The predicted molar refractivity (Wildman–Crippen MR) is 124 cm³/mol. The van der Waals surface area contributed by atoms with Gasteiger partial charge in [0, 0.05) is 39.3 Å². The van der Waals surface area contributed by atoms with E-state index in [0.29, 0.717) is 19.5 Å². The van der Waals surface area contributed by atoms with Crippen LogP contribution in [0.4, 0.5) is 4.39 Å². The van der Waals surface area contributed by atoms with E-state index in [1.54, 1.807) is 23.2 Å². The number of alkyl halides is 1. The molecule has 2 aliphatic carbocycles. The van der Waals surface area contributed by atoms with Crippen LogP contribution in [0.2, 0.25) is 0 Å². The van der Waals surface area contributed by atoms with Crippen LogP contribution in [0, 0.1) is 0 Å². The largest absolute Gasteiger partial charge is 0.474 e. The van der Waals surface area contributed by atoms with Crippen LogP contribution in [0.1, 0.15) is 24.8 Å². The zero-order valence-corrected chi connectivity index (χ0v) is 18.5. The predicted octanol–water partition coefficient (Wildman–Crippen LogP) is 2.11. The highest BCUT2D eigenvalue weighted by atomic mass is 19.1. The summed E-state index contributed by atoms with van der Waals surface area (Å²) >= 11 is 0. The smallest absolute Gasteiger partial charge is 0.328 e. The van der Waals surface area contributed by atoms with Gasteiger partial charge in [-0.3, -0.25) is 9.13 Å². The van der Waals surface area contributed by atoms with E-state index in [4.69, 9.17) is 4.74 Å². The van der Waals surface area contributed by atoms with Gasteiger partial charge in [0.1, 0.15) is 18.3 Å². The minimum absolute atomic E-state index is 0.0181. The Morgan fingerprint density at radius 3 is 2.84 bits per heavy atom. The Morgan fingerprint density at radius 2 is 2.00 bits per heavy atom. The summed E-state index contributed by atoms with van der Waals surface area (Å²) in [5, 5.41) is 6.92. The van der Waals surface area contributed by atoms with Crippen molar-refractivity contribution in [2.45, 2.75) is 56.2 Å². The van der Waals surface area contributed by atoms with Crippen molar-refractivity contribution in [1.82, 2.24) is 19.8 Å². The highest BCUT2D eigenvalue weighted by Crippen LogP contribution is 2.26. The fourth-order valence-corrected chi connectivity index (χ4v) is 5.04. The molecule has 1 aliphatic heterocycles. The van der Waals surface area contributed by atoms with Crippen LogP contribution in [-0.2, 0) is 25.4 Å². The number of halogens is 1. The van der Waals surface area contributed by atoms with Crippen LogP contribution < -0.4 is 16.3 Å². The average molecular weight is 440 g/mol. The van der Waals surface area contributed by atoms with Gasteiger partial charge in [0.05, 0.1) is 11.0 Å². The summed E-state index contributed by atoms with van der Waals surface area (Å²) in [6.07, 6.45) is 8.88. The highest BCUT2D eigenvalue weighted by molar-refractivity contribution is 5.76. The van der Waals surface area contributed by atoms with Crippen molar-refractivity contribution in [3.8, 4) is 0 Å². The number of rotatable bonds is 6. The molecule has 1 saturated carbocycles. The summed E-state index contributed by atoms with van der Waals surface area (Å²) in [6, 6.07) is 6.07. The van der Waals surface area contributed by atoms with Crippen molar-refractivity contribution in [3.05, 3.63) is 58.0 Å². The van der Waals surface area contributed by atoms with Crippen LogP contribution >= 0.6 is 0 Å². The molecule has 5 atom stereocenters. The Bertz CT molecular complexity index is 1150. The van der Waals surface area contributed by atoms with Gasteiger partial charge in [-0.1, -0.05) is 18.2 Å². The van der Waals surface area contributed by atoms with Crippen LogP contribution in [0.3, 0.4) is 0 Å². The number of fused-ring (bicyclic) bond motifs is 2. The van der Waals surface area contributed by atoms with Crippen molar-refractivity contribution in [1.29, 1.82) is 0 Å². The van der Waals surface area contributed by atoms with E-state index in [-0.39, 0.29) is 29.9 Å². The lowest BCUT2D eigenvalue weighted by atomic mass is 9.88. The molecule has 2 N–H and O–H groups in total. The number of benzene rings is 1. The van der Waals surface area contributed by atoms with E-state index in [0.717, 1.165) is 35.0 Å². The molecule has 1 aromatic carbocycles. The summed E-state index contributed by atoms with van der Waals surface area (Å²) in [5.74, 6) is 0. The zero-order chi connectivity index (χ0) is 22.2. The first-order valence-corrected chi connectivity index (χ1v) is 11.3. The van der Waals surface area contributed by atoms with Gasteiger partial charge in [-0.05, 0) is 48.6 Å². The first kappa shape index (κ1) is 21.2. The molecular weight excluding hydrogens is 409 g/mol. The monoisotopic (exact) mass is 439 g/mol. The molecule has 2 unspecified atom stereocenters. The summed E-state index contributed by atoms with van der Waals surface area (Å²) in [5.41, 5.74) is 4.05. The molecule has 3 aliphatic rings. The first-order valence-electron chi connectivity index (χ1n) is 11.3. The van der Waals surface area contributed by atoms with Crippen molar-refractivity contribution < 1.29 is 9.13 Å². The second-order valence-electron chi connectivity index (χ2n) is 9.04. The van der Waals surface area contributed by atoms with Crippen molar-refractivity contribution in [2.75, 3.05) is 6.54 Å². The van der Waals surface area contributed by atoms with Gasteiger partial charge >= 0.3 is 5.69 Å². The van der Waals surface area contributed by atoms with Gasteiger partial charge in [0.2, 0.25) is 0 Å². The molecule has 2 aromatic rings. The molecule has 0 bridgehead atoms. The summed E-state index contributed by atoms with van der Waals surface area (Å²) in [7, 11) is 3.57. The van der Waals surface area contributed by atoms with E-state index >= 15 is 0 Å². The van der Waals surface area contributed by atoms with Crippen LogP contribution in [0.5, 0.6) is 0 Å². The van der Waals surface area contributed by atoms with Crippen LogP contribution in [0.25, 0.3) is 11.0 Å². The lowest BCUT2D eigenvalue weighted by Crippen LogP contribution is -2.48. The molecule has 2 heterocycles. The van der Waals surface area contributed by atoms with E-state index in [9.17, 15) is 9.18 Å². The normalized spacial score (nSPS) is 29.2. The third kappa shape index (κ3) is 3.93.